The molecule has 1 N–H and O–H groups in total. The second-order valence-corrected chi connectivity index (χ2v) is 6.75. The summed E-state index contributed by atoms with van der Waals surface area (Å²) >= 11 is 0.809. The molecule has 0 aliphatic carbocycles. The van der Waals surface area contributed by atoms with Gasteiger partial charge in [-0.25, -0.2) is 0 Å². The minimum Gasteiger partial charge on any atom is -0.497 e. The Morgan fingerprint density at radius 2 is 2.00 bits per heavy atom. The number of thioether (sulfide) groups is 1. The van der Waals surface area contributed by atoms with Gasteiger partial charge in [-0.15, -0.1) is 0 Å². The number of amides is 3. The molecule has 2 heterocycles. The zero-order chi connectivity index (χ0) is 21.0. The van der Waals surface area contributed by atoms with Gasteiger partial charge in [0.05, 0.1) is 18.1 Å². The van der Waals surface area contributed by atoms with Gasteiger partial charge in [0.2, 0.25) is 0 Å². The first kappa shape index (κ1) is 20.1. The maximum absolute atomic E-state index is 12.5. The average molecular weight is 417 g/mol. The molecule has 0 saturated carbocycles. The number of carbonyl (C=O) groups excluding carboxylic acids is 3. The third-order valence-electron chi connectivity index (χ3n) is 3.90. The SMILES string of the molecule is COc1ccc(/C=C2\SC(=O)N(CCNC(=O)c3ccc([N+](=O)[O-])o3)C2=O)cc1. The summed E-state index contributed by atoms with van der Waals surface area (Å²) in [4.78, 5) is 47.6. The third kappa shape index (κ3) is 4.63. The van der Waals surface area contributed by atoms with Crippen LogP contribution in [0.15, 0.2) is 45.7 Å². The van der Waals surface area contributed by atoms with Gasteiger partial charge in [0.1, 0.15) is 10.7 Å². The predicted octanol–water partition coefficient (Wildman–Crippen LogP) is 2.66. The van der Waals surface area contributed by atoms with Crippen molar-refractivity contribution in [2.45, 2.75) is 0 Å². The molecular formula is C18H15N3O7S. The summed E-state index contributed by atoms with van der Waals surface area (Å²) in [7, 11) is 1.55. The molecule has 1 aromatic carbocycles. The smallest absolute Gasteiger partial charge is 0.433 e. The lowest BCUT2D eigenvalue weighted by Crippen LogP contribution is -2.37. The highest BCUT2D eigenvalue weighted by molar-refractivity contribution is 8.18. The molecule has 2 aromatic rings. The van der Waals surface area contributed by atoms with Crippen LogP contribution in [0, 0.1) is 10.1 Å². The van der Waals surface area contributed by atoms with Crippen LogP contribution >= 0.6 is 11.8 Å². The standard InChI is InChI=1S/C18H15N3O7S/c1-27-12-4-2-11(3-5-12)10-14-17(23)20(18(24)29-14)9-8-19-16(22)13-6-7-15(28-13)21(25)26/h2-7,10H,8-9H2,1H3,(H,19,22)/b14-10-. The normalized spacial score (nSPS) is 15.1. The van der Waals surface area contributed by atoms with Gasteiger partial charge in [0.25, 0.3) is 17.1 Å². The number of carbonyl (C=O) groups is 3. The number of hydrogen-bond donors (Lipinski definition) is 1. The van der Waals surface area contributed by atoms with Crippen molar-refractivity contribution in [3.8, 4) is 5.75 Å². The average Bonchev–Trinajstić information content (AvgIpc) is 3.30. The lowest BCUT2D eigenvalue weighted by molar-refractivity contribution is -0.402. The van der Waals surface area contributed by atoms with Crippen LogP contribution in [0.1, 0.15) is 16.1 Å². The molecule has 0 bridgehead atoms. The number of nitro groups is 1. The van der Waals surface area contributed by atoms with Crippen molar-refractivity contribution in [2.24, 2.45) is 0 Å². The van der Waals surface area contributed by atoms with Crippen LogP contribution in [0.4, 0.5) is 10.7 Å². The van der Waals surface area contributed by atoms with Crippen molar-refractivity contribution < 1.29 is 28.5 Å². The Morgan fingerprint density at radius 1 is 1.28 bits per heavy atom. The summed E-state index contributed by atoms with van der Waals surface area (Å²) in [5.41, 5.74) is 0.740. The largest absolute Gasteiger partial charge is 0.497 e. The maximum Gasteiger partial charge on any atom is 0.433 e. The lowest BCUT2D eigenvalue weighted by Gasteiger charge is -2.12. The molecule has 0 spiro atoms. The monoisotopic (exact) mass is 417 g/mol. The molecule has 150 valence electrons. The molecular weight excluding hydrogens is 402 g/mol. The molecule has 1 saturated heterocycles. The number of nitrogens with zero attached hydrogens (tertiary/aromatic N) is 2. The topological polar surface area (TPSA) is 132 Å². The summed E-state index contributed by atoms with van der Waals surface area (Å²) in [5.74, 6) is -1.25. The van der Waals surface area contributed by atoms with Gasteiger partial charge in [-0.1, -0.05) is 12.1 Å². The Balaban J connectivity index is 1.57. The van der Waals surface area contributed by atoms with Gasteiger partial charge in [-0.05, 0) is 41.6 Å². The van der Waals surface area contributed by atoms with E-state index in [0.717, 1.165) is 28.3 Å². The summed E-state index contributed by atoms with van der Waals surface area (Å²) in [6.45, 7) is -0.0691. The number of furan rings is 1. The van der Waals surface area contributed by atoms with Crippen LogP contribution in [0.25, 0.3) is 6.08 Å². The molecule has 0 radical (unpaired) electrons. The molecule has 11 heteroatoms. The van der Waals surface area contributed by atoms with Crippen molar-refractivity contribution in [3.63, 3.8) is 0 Å². The number of ether oxygens (including phenoxy) is 1. The Kier molecular flexibility index (Phi) is 5.98. The lowest BCUT2D eigenvalue weighted by atomic mass is 10.2. The summed E-state index contributed by atoms with van der Waals surface area (Å²) in [5, 5.41) is 12.6. The van der Waals surface area contributed by atoms with E-state index >= 15 is 0 Å². The number of methoxy groups -OCH3 is 1. The van der Waals surface area contributed by atoms with Crippen molar-refractivity contribution in [3.05, 3.63) is 62.7 Å². The fraction of sp³-hybridized carbons (Fsp3) is 0.167. The van der Waals surface area contributed by atoms with Crippen molar-refractivity contribution >= 4 is 40.8 Å². The van der Waals surface area contributed by atoms with Gasteiger partial charge < -0.3 is 14.5 Å². The minimum atomic E-state index is -0.758. The van der Waals surface area contributed by atoms with E-state index in [1.807, 2.05) is 0 Å². The van der Waals surface area contributed by atoms with Crippen LogP contribution in [-0.2, 0) is 4.79 Å². The fourth-order valence-electron chi connectivity index (χ4n) is 2.46. The van der Waals surface area contributed by atoms with E-state index in [2.05, 4.69) is 5.32 Å². The summed E-state index contributed by atoms with van der Waals surface area (Å²) in [6.07, 6.45) is 1.60. The molecule has 10 nitrogen and oxygen atoms in total. The van der Waals surface area contributed by atoms with E-state index in [-0.39, 0.29) is 23.8 Å². The zero-order valence-corrected chi connectivity index (χ0v) is 15.9. The van der Waals surface area contributed by atoms with E-state index in [1.54, 1.807) is 37.5 Å². The van der Waals surface area contributed by atoms with Gasteiger partial charge in [0.15, 0.2) is 5.76 Å². The number of nitrogens with one attached hydrogen (secondary N) is 1. The van der Waals surface area contributed by atoms with Crippen LogP contribution < -0.4 is 10.1 Å². The Morgan fingerprint density at radius 3 is 2.62 bits per heavy atom. The number of rotatable bonds is 7. The van der Waals surface area contributed by atoms with Crippen molar-refractivity contribution in [1.82, 2.24) is 10.2 Å². The second-order valence-electron chi connectivity index (χ2n) is 5.76. The molecule has 0 unspecified atom stereocenters. The minimum absolute atomic E-state index is 0.0266. The van der Waals surface area contributed by atoms with E-state index in [0.29, 0.717) is 5.75 Å². The number of hydrogen-bond acceptors (Lipinski definition) is 8. The Labute approximate surface area is 168 Å². The van der Waals surface area contributed by atoms with Crippen LogP contribution in [0.5, 0.6) is 5.75 Å². The summed E-state index contributed by atoms with van der Waals surface area (Å²) < 4.78 is 9.86. The van der Waals surface area contributed by atoms with Crippen LogP contribution in [0.3, 0.4) is 0 Å². The molecule has 0 atom stereocenters. The van der Waals surface area contributed by atoms with E-state index in [1.165, 1.54) is 6.07 Å². The maximum atomic E-state index is 12.5. The van der Waals surface area contributed by atoms with Gasteiger partial charge >= 0.3 is 5.88 Å². The quantitative estimate of drug-likeness (QED) is 0.413. The predicted molar refractivity (Wildman–Crippen MR) is 103 cm³/mol. The molecule has 1 aliphatic rings. The number of imide groups is 1. The molecule has 3 amide bonds. The fourth-order valence-corrected chi connectivity index (χ4v) is 3.33. The highest BCUT2D eigenvalue weighted by Gasteiger charge is 2.34. The van der Waals surface area contributed by atoms with Gasteiger partial charge in [-0.2, -0.15) is 0 Å². The first-order chi connectivity index (χ1) is 13.9. The van der Waals surface area contributed by atoms with Crippen molar-refractivity contribution in [1.29, 1.82) is 0 Å². The first-order valence-electron chi connectivity index (χ1n) is 8.31. The van der Waals surface area contributed by atoms with Crippen LogP contribution in [-0.4, -0.2) is 47.1 Å². The van der Waals surface area contributed by atoms with Crippen LogP contribution in [0.2, 0.25) is 0 Å². The Bertz CT molecular complexity index is 997. The molecule has 1 aromatic heterocycles. The highest BCUT2D eigenvalue weighted by Crippen LogP contribution is 2.32. The highest BCUT2D eigenvalue weighted by atomic mass is 32.2. The van der Waals surface area contributed by atoms with E-state index in [9.17, 15) is 24.5 Å². The second kappa shape index (κ2) is 8.61. The summed E-state index contributed by atoms with van der Waals surface area (Å²) in [6, 6.07) is 9.24. The Hall–Kier alpha value is -3.60. The molecule has 29 heavy (non-hydrogen) atoms. The van der Waals surface area contributed by atoms with Crippen molar-refractivity contribution in [2.75, 3.05) is 20.2 Å². The third-order valence-corrected chi connectivity index (χ3v) is 4.81. The first-order valence-corrected chi connectivity index (χ1v) is 9.12. The van der Waals surface area contributed by atoms with Gasteiger partial charge in [-0.3, -0.25) is 29.4 Å². The number of benzene rings is 1. The molecule has 3 rings (SSSR count). The van der Waals surface area contributed by atoms with E-state index < -0.39 is 27.9 Å². The molecule has 1 aliphatic heterocycles. The molecule has 1 fully saturated rings. The zero-order valence-electron chi connectivity index (χ0n) is 15.1. The van der Waals surface area contributed by atoms with Gasteiger partial charge in [0, 0.05) is 13.1 Å². The van der Waals surface area contributed by atoms with E-state index in [4.69, 9.17) is 9.15 Å².